The van der Waals surface area contributed by atoms with Crippen LogP contribution in [0.2, 0.25) is 0 Å². The number of hydrogen-bond donors (Lipinski definition) is 3. The minimum absolute atomic E-state index is 0.0914. The van der Waals surface area contributed by atoms with Gasteiger partial charge in [-0.15, -0.1) is 0 Å². The summed E-state index contributed by atoms with van der Waals surface area (Å²) in [6, 6.07) is 0. The molecule has 0 aliphatic rings. The highest BCUT2D eigenvalue weighted by Crippen LogP contribution is 2.20. The third kappa shape index (κ3) is 41.2. The highest BCUT2D eigenvalue weighted by atomic mass is 32.3. The van der Waals surface area contributed by atoms with Crippen molar-refractivity contribution in [2.24, 2.45) is 0 Å². The van der Waals surface area contributed by atoms with E-state index in [1.54, 1.807) is 0 Å². The number of alkyl halides is 3. The zero-order valence-electron chi connectivity index (χ0n) is 28.1. The zero-order valence-corrected chi connectivity index (χ0v) is 30.6. The molecule has 0 saturated carbocycles. The van der Waals surface area contributed by atoms with Crippen LogP contribution in [0.25, 0.3) is 0 Å². The molecule has 0 bridgehead atoms. The van der Waals surface area contributed by atoms with Crippen LogP contribution < -0.4 is 0 Å². The lowest BCUT2D eigenvalue weighted by Crippen LogP contribution is -2.43. The third-order valence-corrected chi connectivity index (χ3v) is 7.55. The lowest BCUT2D eigenvalue weighted by atomic mass is 10.5. The quantitative estimate of drug-likeness (QED) is 0.0855. The first-order valence-corrected chi connectivity index (χ1v) is 17.9. The second-order valence-electron chi connectivity index (χ2n) is 8.42. The average Bonchev–Trinajstić information content (AvgIpc) is 2.95. The fourth-order valence-electron chi connectivity index (χ4n) is 2.16. The SMILES string of the molecule is CCOS(=O)(=O)[O-].CC[N+](O)(CC)CC.CC[N+](O)(CC)CC.CC[N+](O)(CC)CC.COS(=O)(=O)[O-].O=S(=O)([O-])C(F)(F)F. The molecule has 0 rings (SSSR count). The Kier molecular flexibility index (Phi) is 34.1. The van der Waals surface area contributed by atoms with Gasteiger partial charge in [0.05, 0.1) is 13.7 Å². The van der Waals surface area contributed by atoms with Crippen molar-refractivity contribution in [1.29, 1.82) is 0 Å². The Hall–Kier alpha value is -0.800. The summed E-state index contributed by atoms with van der Waals surface area (Å²) < 4.78 is 123. The van der Waals surface area contributed by atoms with E-state index in [4.69, 9.17) is 13.0 Å². The summed E-state index contributed by atoms with van der Waals surface area (Å²) in [6.45, 7) is 26.6. The predicted molar refractivity (Wildman–Crippen MR) is 155 cm³/mol. The summed E-state index contributed by atoms with van der Waals surface area (Å²) in [4.78, 5) is 0. The van der Waals surface area contributed by atoms with Crippen molar-refractivity contribution in [3.05, 3.63) is 0 Å². The van der Waals surface area contributed by atoms with E-state index in [2.05, 4.69) is 8.37 Å². The van der Waals surface area contributed by atoms with Gasteiger partial charge in [-0.2, -0.15) is 27.1 Å². The van der Waals surface area contributed by atoms with Gasteiger partial charge in [0.1, 0.15) is 58.9 Å². The number of hydrogen-bond acceptors (Lipinski definition) is 14. The Morgan fingerprint density at radius 2 is 0.689 bits per heavy atom. The van der Waals surface area contributed by atoms with Gasteiger partial charge in [-0.3, -0.25) is 8.37 Å². The van der Waals surface area contributed by atoms with Crippen LogP contribution in [-0.4, -0.2) is 147 Å². The molecule has 0 unspecified atom stereocenters. The van der Waals surface area contributed by atoms with Crippen LogP contribution in [0.5, 0.6) is 0 Å². The number of hydroxylamine groups is 9. The van der Waals surface area contributed by atoms with Crippen molar-refractivity contribution >= 4 is 30.9 Å². The molecule has 282 valence electrons. The maximum absolute atomic E-state index is 10.7. The third-order valence-electron chi connectivity index (χ3n) is 6.05. The number of halogens is 3. The number of nitrogens with zero attached hydrogens (tertiary/aromatic N) is 3. The van der Waals surface area contributed by atoms with E-state index in [1.165, 1.54) is 6.92 Å². The zero-order chi connectivity index (χ0) is 38.0. The Morgan fingerprint density at radius 1 is 0.533 bits per heavy atom. The smallest absolute Gasteiger partial charge is 0.485 e. The summed E-state index contributed by atoms with van der Waals surface area (Å²) in [6.07, 6.45) is 0. The van der Waals surface area contributed by atoms with Gasteiger partial charge in [0.25, 0.3) is 0 Å². The Morgan fingerprint density at radius 3 is 0.689 bits per heavy atom. The van der Waals surface area contributed by atoms with Crippen LogP contribution in [-0.2, 0) is 39.3 Å². The van der Waals surface area contributed by atoms with Crippen LogP contribution in [0.1, 0.15) is 69.2 Å². The summed E-state index contributed by atoms with van der Waals surface area (Å²) in [7, 11) is -14.1. The predicted octanol–water partition coefficient (Wildman–Crippen LogP) is 2.38. The second kappa shape index (κ2) is 27.2. The van der Waals surface area contributed by atoms with E-state index in [1.807, 2.05) is 62.3 Å². The van der Waals surface area contributed by atoms with E-state index in [-0.39, 0.29) is 20.5 Å². The monoisotopic (exact) mass is 739 g/mol. The van der Waals surface area contributed by atoms with Crippen LogP contribution in [0.15, 0.2) is 0 Å². The van der Waals surface area contributed by atoms with Gasteiger partial charge in [-0.05, 0) is 69.2 Å². The van der Waals surface area contributed by atoms with Crippen molar-refractivity contribution in [3.8, 4) is 0 Å². The highest BCUT2D eigenvalue weighted by Gasteiger charge is 2.36. The molecule has 3 N–H and O–H groups in total. The van der Waals surface area contributed by atoms with Crippen LogP contribution in [0.3, 0.4) is 0 Å². The second-order valence-corrected chi connectivity index (χ2v) is 12.0. The van der Waals surface area contributed by atoms with Crippen molar-refractivity contribution in [2.45, 2.75) is 74.7 Å². The molecule has 0 aliphatic heterocycles. The van der Waals surface area contributed by atoms with Crippen molar-refractivity contribution in [3.63, 3.8) is 0 Å². The molecule has 45 heavy (non-hydrogen) atoms. The Bertz CT molecular complexity index is 935. The molecule has 0 fully saturated rings. The molecule has 0 radical (unpaired) electrons. The van der Waals surface area contributed by atoms with Gasteiger partial charge in [0.15, 0.2) is 10.1 Å². The Balaban J connectivity index is -0.000000102. The fourth-order valence-corrected chi connectivity index (χ4v) is 2.45. The highest BCUT2D eigenvalue weighted by molar-refractivity contribution is 7.86. The molecular formula is C22H56F3N3O14S3. The standard InChI is InChI=1S/3C6H16NO.C2H6O4S.CHF3O3S.CH4O4S/c3*1-4-7(8,5-2)6-3;1-2-6-7(3,4)5;2-1(3,4)8(5,6)7;1-5-6(2,3)4/h3*8H,4-6H2,1-3H3;2H2,1H3,(H,3,4,5);(H,5,6,7);1H3,(H,2,3,4)/q3*+1;;;/p-3. The number of rotatable bonds is 12. The lowest BCUT2D eigenvalue weighted by Gasteiger charge is -2.25. The first-order valence-electron chi connectivity index (χ1n) is 13.8. The Labute approximate surface area is 268 Å². The van der Waals surface area contributed by atoms with Crippen LogP contribution >= 0.6 is 0 Å². The average molecular weight is 740 g/mol. The largest absolute Gasteiger partial charge is 0.741 e. The molecule has 0 heterocycles. The first-order chi connectivity index (χ1) is 19.9. The fraction of sp³-hybridized carbons (Fsp3) is 1.00. The molecule has 17 nitrogen and oxygen atoms in total. The lowest BCUT2D eigenvalue weighted by molar-refractivity contribution is -1.10. The molecule has 0 spiro atoms. The minimum atomic E-state index is -6.09. The molecule has 0 aromatic rings. The van der Waals surface area contributed by atoms with E-state index in [0.717, 1.165) is 66.0 Å². The summed E-state index contributed by atoms with van der Waals surface area (Å²) in [5.41, 5.74) is -5.65. The van der Waals surface area contributed by atoms with Gasteiger partial charge in [0.2, 0.25) is 20.8 Å². The van der Waals surface area contributed by atoms with Gasteiger partial charge in [-0.1, -0.05) is 0 Å². The topological polar surface area (TPSA) is 251 Å². The minimum Gasteiger partial charge on any atom is -0.741 e. The summed E-state index contributed by atoms with van der Waals surface area (Å²) in [5.74, 6) is 0. The molecule has 0 aromatic heterocycles. The van der Waals surface area contributed by atoms with Gasteiger partial charge < -0.3 is 13.7 Å². The molecule has 0 aromatic carbocycles. The normalized spacial score (nSPS) is 12.3. The first kappa shape index (κ1) is 56.5. The summed E-state index contributed by atoms with van der Waals surface area (Å²) >= 11 is 0. The van der Waals surface area contributed by atoms with Crippen molar-refractivity contribution < 1.29 is 90.0 Å². The number of quaternary nitrogens is 3. The van der Waals surface area contributed by atoms with E-state index in [9.17, 15) is 54.7 Å². The van der Waals surface area contributed by atoms with E-state index in [0.29, 0.717) is 0 Å². The molecule has 0 atom stereocenters. The molecule has 23 heteroatoms. The van der Waals surface area contributed by atoms with Crippen LogP contribution in [0.4, 0.5) is 13.2 Å². The molecular weight excluding hydrogens is 683 g/mol. The van der Waals surface area contributed by atoms with Crippen molar-refractivity contribution in [1.82, 2.24) is 0 Å². The molecule has 0 saturated heterocycles. The van der Waals surface area contributed by atoms with E-state index >= 15 is 0 Å². The summed E-state index contributed by atoms with van der Waals surface area (Å²) in [5, 5.41) is 28.1. The van der Waals surface area contributed by atoms with Gasteiger partial charge in [0, 0.05) is 0 Å². The molecule has 0 aliphatic carbocycles. The van der Waals surface area contributed by atoms with Gasteiger partial charge >= 0.3 is 5.51 Å². The van der Waals surface area contributed by atoms with E-state index < -0.39 is 36.4 Å². The van der Waals surface area contributed by atoms with Crippen LogP contribution in [0, 0.1) is 0 Å². The maximum atomic E-state index is 10.7. The maximum Gasteiger partial charge on any atom is 0.485 e. The van der Waals surface area contributed by atoms with Gasteiger partial charge in [-0.25, -0.2) is 40.9 Å². The molecule has 0 amide bonds. The van der Waals surface area contributed by atoms with Crippen molar-refractivity contribution in [2.75, 3.05) is 72.6 Å².